The molecule has 0 aliphatic heterocycles. The van der Waals surface area contributed by atoms with Crippen LogP contribution in [0.1, 0.15) is 18.6 Å². The van der Waals surface area contributed by atoms with Gasteiger partial charge in [0.1, 0.15) is 6.10 Å². The van der Waals surface area contributed by atoms with E-state index in [2.05, 4.69) is 4.74 Å². The highest BCUT2D eigenvalue weighted by Crippen LogP contribution is 2.31. The first-order chi connectivity index (χ1) is 9.04. The molecule has 0 heterocycles. The third kappa shape index (κ3) is 3.59. The van der Waals surface area contributed by atoms with Crippen LogP contribution < -0.4 is 9.47 Å². The fourth-order valence-electron chi connectivity index (χ4n) is 1.58. The smallest absolute Gasteiger partial charge is 0.338 e. The maximum atomic E-state index is 11.3. The second-order valence-corrected chi connectivity index (χ2v) is 3.76. The lowest BCUT2D eigenvalue weighted by Crippen LogP contribution is -2.29. The molecule has 2 atom stereocenters. The number of ether oxygens (including phenoxy) is 3. The first-order valence-corrected chi connectivity index (χ1v) is 5.79. The quantitative estimate of drug-likeness (QED) is 0.739. The molecule has 1 rings (SSSR count). The van der Waals surface area contributed by atoms with E-state index < -0.39 is 18.2 Å². The molecule has 6 heteroatoms. The Morgan fingerprint density at radius 2 is 1.84 bits per heavy atom. The fraction of sp³-hybridized carbons (Fsp3) is 0.462. The van der Waals surface area contributed by atoms with Gasteiger partial charge in [0.25, 0.3) is 0 Å². The lowest BCUT2D eigenvalue weighted by molar-refractivity contribution is -0.159. The molecule has 2 unspecified atom stereocenters. The average molecular weight is 270 g/mol. The van der Waals surface area contributed by atoms with Gasteiger partial charge in [0, 0.05) is 0 Å². The van der Waals surface area contributed by atoms with Gasteiger partial charge in [0.05, 0.1) is 20.8 Å². The summed E-state index contributed by atoms with van der Waals surface area (Å²) >= 11 is 0. The first kappa shape index (κ1) is 15.3. The van der Waals surface area contributed by atoms with E-state index in [4.69, 9.17) is 9.47 Å². The van der Waals surface area contributed by atoms with E-state index in [1.54, 1.807) is 13.0 Å². The van der Waals surface area contributed by atoms with Crippen LogP contribution in [-0.4, -0.2) is 43.1 Å². The van der Waals surface area contributed by atoms with Crippen LogP contribution in [0.5, 0.6) is 11.5 Å². The molecule has 1 aromatic rings. The van der Waals surface area contributed by atoms with Gasteiger partial charge in [-0.3, -0.25) is 0 Å². The van der Waals surface area contributed by atoms with Crippen LogP contribution in [0.4, 0.5) is 0 Å². The highest BCUT2D eigenvalue weighted by Gasteiger charge is 2.27. The van der Waals surface area contributed by atoms with Crippen molar-refractivity contribution in [2.45, 2.75) is 19.1 Å². The van der Waals surface area contributed by atoms with Gasteiger partial charge < -0.3 is 24.4 Å². The predicted molar refractivity (Wildman–Crippen MR) is 67.1 cm³/mol. The van der Waals surface area contributed by atoms with Crippen LogP contribution in [0.2, 0.25) is 0 Å². The number of carbonyl (C=O) groups is 1. The normalized spacial score (nSPS) is 13.5. The van der Waals surface area contributed by atoms with E-state index in [0.717, 1.165) is 0 Å². The summed E-state index contributed by atoms with van der Waals surface area (Å²) in [4.78, 5) is 11.3. The van der Waals surface area contributed by atoms with Crippen molar-refractivity contribution < 1.29 is 29.2 Å². The number of aliphatic hydroxyl groups excluding tert-OH is 2. The van der Waals surface area contributed by atoms with Crippen molar-refractivity contribution in [3.8, 4) is 11.5 Å². The molecule has 0 aromatic heterocycles. The van der Waals surface area contributed by atoms with Crippen LogP contribution in [-0.2, 0) is 9.53 Å². The topological polar surface area (TPSA) is 85.2 Å². The van der Waals surface area contributed by atoms with Gasteiger partial charge in [-0.05, 0) is 24.6 Å². The SMILES string of the molecule is CCOC(=O)C(O)C(O)c1ccc(OC)c(OC)c1. The Hall–Kier alpha value is -1.79. The molecule has 1 aromatic carbocycles. The summed E-state index contributed by atoms with van der Waals surface area (Å²) in [5.74, 6) is 0.0176. The Morgan fingerprint density at radius 3 is 2.37 bits per heavy atom. The Bertz CT molecular complexity index is 431. The first-order valence-electron chi connectivity index (χ1n) is 5.79. The highest BCUT2D eigenvalue weighted by molar-refractivity contribution is 5.75. The van der Waals surface area contributed by atoms with Gasteiger partial charge in [-0.25, -0.2) is 4.79 Å². The van der Waals surface area contributed by atoms with Crippen LogP contribution in [0.25, 0.3) is 0 Å². The van der Waals surface area contributed by atoms with E-state index in [0.29, 0.717) is 17.1 Å². The number of benzene rings is 1. The van der Waals surface area contributed by atoms with Gasteiger partial charge in [0.2, 0.25) is 0 Å². The fourth-order valence-corrected chi connectivity index (χ4v) is 1.58. The number of carbonyl (C=O) groups excluding carboxylic acids is 1. The van der Waals surface area contributed by atoms with Crippen LogP contribution in [0.3, 0.4) is 0 Å². The molecule has 0 fully saturated rings. The Balaban J connectivity index is 2.93. The monoisotopic (exact) mass is 270 g/mol. The lowest BCUT2D eigenvalue weighted by Gasteiger charge is -2.18. The molecule has 0 saturated heterocycles. The molecule has 19 heavy (non-hydrogen) atoms. The van der Waals surface area contributed by atoms with Crippen molar-refractivity contribution in [1.29, 1.82) is 0 Å². The van der Waals surface area contributed by atoms with Crippen LogP contribution >= 0.6 is 0 Å². The minimum Gasteiger partial charge on any atom is -0.493 e. The molecule has 0 aliphatic rings. The maximum Gasteiger partial charge on any atom is 0.338 e. The number of esters is 1. The molecule has 0 bridgehead atoms. The van der Waals surface area contributed by atoms with Crippen molar-refractivity contribution >= 4 is 5.97 Å². The second kappa shape index (κ2) is 6.96. The zero-order chi connectivity index (χ0) is 14.4. The van der Waals surface area contributed by atoms with Crippen LogP contribution in [0.15, 0.2) is 18.2 Å². The van der Waals surface area contributed by atoms with Gasteiger partial charge in [-0.2, -0.15) is 0 Å². The van der Waals surface area contributed by atoms with Crippen molar-refractivity contribution in [2.75, 3.05) is 20.8 Å². The summed E-state index contributed by atoms with van der Waals surface area (Å²) in [6.45, 7) is 1.75. The predicted octanol–water partition coefficient (Wildman–Crippen LogP) is 0.661. The Labute approximate surface area is 111 Å². The van der Waals surface area contributed by atoms with E-state index >= 15 is 0 Å². The van der Waals surface area contributed by atoms with Crippen molar-refractivity contribution in [1.82, 2.24) is 0 Å². The summed E-state index contributed by atoms with van der Waals surface area (Å²) in [5, 5.41) is 19.6. The lowest BCUT2D eigenvalue weighted by atomic mass is 10.0. The number of hydrogen-bond acceptors (Lipinski definition) is 6. The summed E-state index contributed by atoms with van der Waals surface area (Å²) in [6, 6.07) is 4.61. The van der Waals surface area contributed by atoms with E-state index in [-0.39, 0.29) is 6.61 Å². The minimum atomic E-state index is -1.64. The molecule has 6 nitrogen and oxygen atoms in total. The molecule has 0 radical (unpaired) electrons. The Kier molecular flexibility index (Phi) is 5.59. The minimum absolute atomic E-state index is 0.133. The van der Waals surface area contributed by atoms with Gasteiger partial charge in [0.15, 0.2) is 17.6 Å². The van der Waals surface area contributed by atoms with Gasteiger partial charge >= 0.3 is 5.97 Å². The van der Waals surface area contributed by atoms with Crippen molar-refractivity contribution in [3.05, 3.63) is 23.8 Å². The average Bonchev–Trinajstić information content (AvgIpc) is 2.45. The van der Waals surface area contributed by atoms with E-state index in [1.165, 1.54) is 26.4 Å². The summed E-state index contributed by atoms with van der Waals surface area (Å²) in [7, 11) is 2.94. The van der Waals surface area contributed by atoms with E-state index in [9.17, 15) is 15.0 Å². The summed E-state index contributed by atoms with van der Waals surface area (Å²) in [5.41, 5.74) is 0.332. The molecular weight excluding hydrogens is 252 g/mol. The highest BCUT2D eigenvalue weighted by atomic mass is 16.5. The molecule has 0 spiro atoms. The summed E-state index contributed by atoms with van der Waals surface area (Å²) in [6.07, 6.45) is -3.03. The summed E-state index contributed by atoms with van der Waals surface area (Å²) < 4.78 is 14.8. The van der Waals surface area contributed by atoms with Crippen molar-refractivity contribution in [3.63, 3.8) is 0 Å². The zero-order valence-electron chi connectivity index (χ0n) is 11.1. The third-order valence-corrected chi connectivity index (χ3v) is 2.58. The van der Waals surface area contributed by atoms with Crippen LogP contribution in [0, 0.1) is 0 Å². The number of aliphatic hydroxyl groups is 2. The Morgan fingerprint density at radius 1 is 1.21 bits per heavy atom. The molecule has 0 amide bonds. The number of hydrogen-bond donors (Lipinski definition) is 2. The third-order valence-electron chi connectivity index (χ3n) is 2.58. The van der Waals surface area contributed by atoms with Crippen molar-refractivity contribution in [2.24, 2.45) is 0 Å². The molecule has 2 N–H and O–H groups in total. The zero-order valence-corrected chi connectivity index (χ0v) is 11.1. The largest absolute Gasteiger partial charge is 0.493 e. The maximum absolute atomic E-state index is 11.3. The van der Waals surface area contributed by atoms with Gasteiger partial charge in [-0.1, -0.05) is 6.07 Å². The molecule has 0 aliphatic carbocycles. The molecular formula is C13H18O6. The molecule has 0 saturated carbocycles. The second-order valence-electron chi connectivity index (χ2n) is 3.76. The van der Waals surface area contributed by atoms with E-state index in [1.807, 2.05) is 0 Å². The standard InChI is InChI=1S/C13H18O6/c1-4-19-13(16)12(15)11(14)8-5-6-9(17-2)10(7-8)18-3/h5-7,11-12,14-15H,4H2,1-3H3. The number of rotatable bonds is 6. The molecule has 106 valence electrons. The van der Waals surface area contributed by atoms with Gasteiger partial charge in [-0.15, -0.1) is 0 Å². The number of methoxy groups -OCH3 is 2.